The average Bonchev–Trinajstić information content (AvgIpc) is 3.32. The topological polar surface area (TPSA) is 69.9 Å². The maximum Gasteiger partial charge on any atom is 0.118 e. The summed E-state index contributed by atoms with van der Waals surface area (Å²) in [5.74, 6) is 1.12. The highest BCUT2D eigenvalue weighted by molar-refractivity contribution is 5.52. The van der Waals surface area contributed by atoms with E-state index in [0.29, 0.717) is 12.3 Å². The fourth-order valence-electron chi connectivity index (χ4n) is 5.73. The quantitative estimate of drug-likeness (QED) is 0.383. The Morgan fingerprint density at radius 2 is 1.68 bits per heavy atom. The lowest BCUT2D eigenvalue weighted by Crippen LogP contribution is -2.35. The van der Waals surface area contributed by atoms with Crippen molar-refractivity contribution in [2.75, 3.05) is 13.7 Å². The number of benzene rings is 2. The molecular weight excluding hydrogens is 424 g/mol. The van der Waals surface area contributed by atoms with Gasteiger partial charge in [-0.1, -0.05) is 52.3 Å². The van der Waals surface area contributed by atoms with Gasteiger partial charge >= 0.3 is 0 Å². The molecule has 0 bridgehead atoms. The summed E-state index contributed by atoms with van der Waals surface area (Å²) in [5, 5.41) is 30.9. The standard InChI is InChI=1S/C30H44O4/c1-6-8-22(17-28(32)30(33)20(4)18-31)27-16-23(15-21-11-13-24(34-5)14-12-21)25-9-7-10-26(25)29(27)19(2)3/h11-14,16,19-20,22,28,30-33H,6-10,15,17-18H2,1-5H3. The zero-order valence-electron chi connectivity index (χ0n) is 21.7. The largest absolute Gasteiger partial charge is 0.497 e. The Morgan fingerprint density at radius 1 is 1.00 bits per heavy atom. The second-order valence-electron chi connectivity index (χ2n) is 10.5. The van der Waals surface area contributed by atoms with Crippen LogP contribution in [0.1, 0.15) is 98.6 Å². The number of aliphatic hydroxyl groups is 3. The molecule has 0 aromatic heterocycles. The van der Waals surface area contributed by atoms with Gasteiger partial charge in [-0.25, -0.2) is 0 Å². The number of methoxy groups -OCH3 is 1. The van der Waals surface area contributed by atoms with Crippen LogP contribution < -0.4 is 4.74 Å². The third kappa shape index (κ3) is 6.02. The molecule has 0 saturated carbocycles. The molecule has 4 unspecified atom stereocenters. The molecule has 4 nitrogen and oxygen atoms in total. The Balaban J connectivity index is 2.03. The Hall–Kier alpha value is -1.88. The molecule has 3 N–H and O–H groups in total. The molecule has 0 heterocycles. The van der Waals surface area contributed by atoms with Gasteiger partial charge in [-0.05, 0) is 95.9 Å². The first-order valence-corrected chi connectivity index (χ1v) is 13.1. The molecule has 34 heavy (non-hydrogen) atoms. The molecule has 1 aliphatic rings. The van der Waals surface area contributed by atoms with E-state index in [4.69, 9.17) is 4.74 Å². The van der Waals surface area contributed by atoms with Crippen molar-refractivity contribution in [1.82, 2.24) is 0 Å². The number of hydrogen-bond donors (Lipinski definition) is 3. The first-order valence-electron chi connectivity index (χ1n) is 13.1. The fraction of sp³-hybridized carbons (Fsp3) is 0.600. The molecule has 4 heteroatoms. The van der Waals surface area contributed by atoms with E-state index in [1.54, 1.807) is 14.0 Å². The molecular formula is C30H44O4. The van der Waals surface area contributed by atoms with Crippen LogP contribution in [0.25, 0.3) is 0 Å². The van der Waals surface area contributed by atoms with Gasteiger partial charge in [-0.15, -0.1) is 0 Å². The van der Waals surface area contributed by atoms with Crippen molar-refractivity contribution in [2.24, 2.45) is 5.92 Å². The molecule has 3 rings (SSSR count). The van der Waals surface area contributed by atoms with Crippen molar-refractivity contribution < 1.29 is 20.1 Å². The monoisotopic (exact) mass is 468 g/mol. The molecule has 2 aromatic carbocycles. The molecule has 0 spiro atoms. The predicted molar refractivity (Wildman–Crippen MR) is 139 cm³/mol. The summed E-state index contributed by atoms with van der Waals surface area (Å²) in [6, 6.07) is 10.8. The van der Waals surface area contributed by atoms with Crippen LogP contribution >= 0.6 is 0 Å². The van der Waals surface area contributed by atoms with Crippen LogP contribution in [0.5, 0.6) is 5.75 Å². The third-order valence-electron chi connectivity index (χ3n) is 7.57. The van der Waals surface area contributed by atoms with Gasteiger partial charge in [-0.3, -0.25) is 0 Å². The summed E-state index contributed by atoms with van der Waals surface area (Å²) in [6.45, 7) is 8.40. The molecule has 2 aromatic rings. The van der Waals surface area contributed by atoms with E-state index in [1.807, 2.05) is 12.1 Å². The van der Waals surface area contributed by atoms with Gasteiger partial charge < -0.3 is 20.1 Å². The fourth-order valence-corrected chi connectivity index (χ4v) is 5.73. The Morgan fingerprint density at radius 3 is 2.26 bits per heavy atom. The summed E-state index contributed by atoms with van der Waals surface area (Å²) in [7, 11) is 1.69. The maximum absolute atomic E-state index is 10.9. The first-order chi connectivity index (χ1) is 16.3. The molecule has 4 atom stereocenters. The molecule has 0 saturated heterocycles. The van der Waals surface area contributed by atoms with Gasteiger partial charge in [0, 0.05) is 12.5 Å². The Labute approximate surface area is 206 Å². The van der Waals surface area contributed by atoms with E-state index in [1.165, 1.54) is 39.8 Å². The lowest BCUT2D eigenvalue weighted by Gasteiger charge is -2.30. The van der Waals surface area contributed by atoms with Gasteiger partial charge in [0.05, 0.1) is 19.3 Å². The van der Waals surface area contributed by atoms with E-state index in [0.717, 1.165) is 37.9 Å². The summed E-state index contributed by atoms with van der Waals surface area (Å²) in [5.41, 5.74) is 8.53. The zero-order chi connectivity index (χ0) is 24.8. The van der Waals surface area contributed by atoms with E-state index in [9.17, 15) is 15.3 Å². The molecule has 0 radical (unpaired) electrons. The lowest BCUT2D eigenvalue weighted by molar-refractivity contribution is -0.0333. The summed E-state index contributed by atoms with van der Waals surface area (Å²) >= 11 is 0. The minimum absolute atomic E-state index is 0.126. The second-order valence-corrected chi connectivity index (χ2v) is 10.5. The van der Waals surface area contributed by atoms with E-state index >= 15 is 0 Å². The lowest BCUT2D eigenvalue weighted by atomic mass is 9.77. The van der Waals surface area contributed by atoms with Crippen LogP contribution in [0.2, 0.25) is 0 Å². The van der Waals surface area contributed by atoms with E-state index in [-0.39, 0.29) is 18.4 Å². The van der Waals surface area contributed by atoms with Gasteiger partial charge in [0.2, 0.25) is 0 Å². The molecule has 0 fully saturated rings. The Kier molecular flexibility index (Phi) is 9.58. The second kappa shape index (κ2) is 12.2. The van der Waals surface area contributed by atoms with Crippen molar-refractivity contribution in [3.05, 3.63) is 63.7 Å². The van der Waals surface area contributed by atoms with Crippen LogP contribution in [-0.2, 0) is 19.3 Å². The molecule has 188 valence electrons. The Bertz CT molecular complexity index is 918. The first kappa shape index (κ1) is 26.7. The highest BCUT2D eigenvalue weighted by Gasteiger charge is 2.30. The highest BCUT2D eigenvalue weighted by Crippen LogP contribution is 2.41. The minimum Gasteiger partial charge on any atom is -0.497 e. The smallest absolute Gasteiger partial charge is 0.118 e. The third-order valence-corrected chi connectivity index (χ3v) is 7.57. The molecule has 1 aliphatic carbocycles. The maximum atomic E-state index is 10.9. The van der Waals surface area contributed by atoms with Crippen molar-refractivity contribution in [2.45, 2.75) is 96.7 Å². The van der Waals surface area contributed by atoms with E-state index in [2.05, 4.69) is 39.0 Å². The minimum atomic E-state index is -0.917. The van der Waals surface area contributed by atoms with Crippen molar-refractivity contribution in [3.63, 3.8) is 0 Å². The molecule has 0 aliphatic heterocycles. The molecule has 0 amide bonds. The number of hydrogen-bond acceptors (Lipinski definition) is 4. The summed E-state index contributed by atoms with van der Waals surface area (Å²) in [6.07, 6.45) is 5.08. The SMILES string of the molecule is CCCC(CC(O)C(O)C(C)CO)c1cc(Cc2ccc(OC)cc2)c2c(c1C(C)C)CCC2. The van der Waals surface area contributed by atoms with Crippen LogP contribution in [0, 0.1) is 5.92 Å². The van der Waals surface area contributed by atoms with Crippen molar-refractivity contribution in [1.29, 1.82) is 0 Å². The van der Waals surface area contributed by atoms with Gasteiger partial charge in [0.15, 0.2) is 0 Å². The number of aliphatic hydroxyl groups excluding tert-OH is 3. The number of rotatable bonds is 12. The van der Waals surface area contributed by atoms with Crippen molar-refractivity contribution >= 4 is 0 Å². The van der Waals surface area contributed by atoms with Crippen LogP contribution in [0.3, 0.4) is 0 Å². The van der Waals surface area contributed by atoms with Crippen LogP contribution in [-0.4, -0.2) is 41.2 Å². The number of fused-ring (bicyclic) bond motifs is 1. The van der Waals surface area contributed by atoms with Crippen molar-refractivity contribution in [3.8, 4) is 5.75 Å². The normalized spacial score (nSPS) is 16.9. The van der Waals surface area contributed by atoms with Gasteiger partial charge in [0.25, 0.3) is 0 Å². The predicted octanol–water partition coefficient (Wildman–Crippen LogP) is 5.52. The van der Waals surface area contributed by atoms with Gasteiger partial charge in [-0.2, -0.15) is 0 Å². The van der Waals surface area contributed by atoms with Crippen LogP contribution in [0.15, 0.2) is 30.3 Å². The van der Waals surface area contributed by atoms with Gasteiger partial charge in [0.1, 0.15) is 5.75 Å². The zero-order valence-corrected chi connectivity index (χ0v) is 21.7. The average molecular weight is 469 g/mol. The highest BCUT2D eigenvalue weighted by atomic mass is 16.5. The number of ether oxygens (including phenoxy) is 1. The van der Waals surface area contributed by atoms with E-state index < -0.39 is 12.2 Å². The van der Waals surface area contributed by atoms with Crippen LogP contribution in [0.4, 0.5) is 0 Å². The summed E-state index contributed by atoms with van der Waals surface area (Å²) < 4.78 is 5.33. The summed E-state index contributed by atoms with van der Waals surface area (Å²) in [4.78, 5) is 0.